The van der Waals surface area contributed by atoms with Crippen LogP contribution in [0.15, 0.2) is 71.3 Å². The van der Waals surface area contributed by atoms with E-state index in [2.05, 4.69) is 55.2 Å². The van der Waals surface area contributed by atoms with Crippen molar-refractivity contribution in [2.45, 2.75) is 13.1 Å². The highest BCUT2D eigenvalue weighted by Gasteiger charge is 2.23. The van der Waals surface area contributed by atoms with Crippen LogP contribution < -0.4 is 10.6 Å². The van der Waals surface area contributed by atoms with E-state index in [1.807, 2.05) is 36.4 Å². The highest BCUT2D eigenvalue weighted by Crippen LogP contribution is 2.34. The highest BCUT2D eigenvalue weighted by atomic mass is 79.9. The monoisotopic (exact) mass is 465 g/mol. The zero-order valence-electron chi connectivity index (χ0n) is 16.3. The van der Waals surface area contributed by atoms with Crippen LogP contribution in [0.1, 0.15) is 21.5 Å². The van der Waals surface area contributed by atoms with E-state index < -0.39 is 5.97 Å². The van der Waals surface area contributed by atoms with Crippen molar-refractivity contribution in [1.29, 1.82) is 0 Å². The Kier molecular flexibility index (Phi) is 5.67. The molecule has 4 aromatic rings. The van der Waals surface area contributed by atoms with Crippen molar-refractivity contribution in [2.75, 3.05) is 17.7 Å². The van der Waals surface area contributed by atoms with Crippen LogP contribution in [0, 0.1) is 0 Å². The topological polar surface area (TPSA) is 85.8 Å². The molecule has 2 aromatic carbocycles. The summed E-state index contributed by atoms with van der Waals surface area (Å²) in [6, 6.07) is 20.3. The van der Waals surface area contributed by atoms with Crippen LogP contribution in [0.25, 0.3) is 5.65 Å². The summed E-state index contributed by atoms with van der Waals surface area (Å²) >= 11 is 3.59. The van der Waals surface area contributed by atoms with Crippen molar-refractivity contribution in [3.63, 3.8) is 0 Å². The summed E-state index contributed by atoms with van der Waals surface area (Å²) in [6.07, 6.45) is 1.45. The number of carbonyl (C=O) groups excluding carboxylic acids is 1. The molecule has 8 heteroatoms. The highest BCUT2D eigenvalue weighted by molar-refractivity contribution is 9.10. The number of nitrogens with zero attached hydrogens (tertiary/aromatic N) is 4. The van der Waals surface area contributed by atoms with Crippen LogP contribution in [-0.4, -0.2) is 27.7 Å². The van der Waals surface area contributed by atoms with E-state index in [4.69, 9.17) is 10.5 Å². The SMILES string of the molecule is COC(=O)c1cnn2c(N(Cc3ccccc3)Cc3ccccc3)c(Br)c(N)nc12. The smallest absolute Gasteiger partial charge is 0.343 e. The fourth-order valence-electron chi connectivity index (χ4n) is 3.32. The van der Waals surface area contributed by atoms with Gasteiger partial charge in [0.05, 0.1) is 13.3 Å². The molecule has 30 heavy (non-hydrogen) atoms. The van der Waals surface area contributed by atoms with Crippen molar-refractivity contribution in [1.82, 2.24) is 14.6 Å². The number of nitrogen functional groups attached to an aromatic ring is 1. The molecule has 2 heterocycles. The first kappa shape index (κ1) is 19.9. The molecule has 0 saturated heterocycles. The van der Waals surface area contributed by atoms with Crippen molar-refractivity contribution >= 4 is 39.2 Å². The normalized spacial score (nSPS) is 10.9. The van der Waals surface area contributed by atoms with Gasteiger partial charge >= 0.3 is 5.97 Å². The molecule has 7 nitrogen and oxygen atoms in total. The molecule has 0 atom stereocenters. The van der Waals surface area contributed by atoms with E-state index in [0.717, 1.165) is 11.1 Å². The number of benzene rings is 2. The number of hydrogen-bond acceptors (Lipinski definition) is 6. The Labute approximate surface area is 182 Å². The molecule has 0 aliphatic rings. The number of fused-ring (bicyclic) bond motifs is 1. The molecule has 0 unspecified atom stereocenters. The second-order valence-corrected chi connectivity index (χ2v) is 7.54. The second kappa shape index (κ2) is 8.54. The summed E-state index contributed by atoms with van der Waals surface area (Å²) in [4.78, 5) is 18.7. The third kappa shape index (κ3) is 3.86. The van der Waals surface area contributed by atoms with Crippen LogP contribution in [-0.2, 0) is 17.8 Å². The third-order valence-electron chi connectivity index (χ3n) is 4.73. The van der Waals surface area contributed by atoms with Gasteiger partial charge in [0, 0.05) is 13.1 Å². The number of rotatable bonds is 6. The summed E-state index contributed by atoms with van der Waals surface area (Å²) < 4.78 is 7.10. The summed E-state index contributed by atoms with van der Waals surface area (Å²) in [6.45, 7) is 1.22. The predicted molar refractivity (Wildman–Crippen MR) is 119 cm³/mol. The zero-order valence-corrected chi connectivity index (χ0v) is 17.9. The fraction of sp³-hybridized carbons (Fsp3) is 0.136. The van der Waals surface area contributed by atoms with Gasteiger partial charge in [0.25, 0.3) is 0 Å². The standard InChI is InChI=1S/C22H20BrN5O2/c1-30-22(29)17-12-25-28-20(17)26-19(24)18(23)21(28)27(13-15-8-4-2-5-9-15)14-16-10-6-3-7-11-16/h2-12H,13-14H2,1H3,(H2,24,26). The van der Waals surface area contributed by atoms with Gasteiger partial charge in [-0.2, -0.15) is 9.61 Å². The summed E-state index contributed by atoms with van der Waals surface area (Å²) in [7, 11) is 1.33. The molecule has 0 amide bonds. The first-order chi connectivity index (χ1) is 14.6. The van der Waals surface area contributed by atoms with E-state index in [1.165, 1.54) is 13.3 Å². The predicted octanol–water partition coefficient (Wildman–Crippen LogP) is 4.07. The van der Waals surface area contributed by atoms with Gasteiger partial charge in [0.2, 0.25) is 0 Å². The molecule has 0 aliphatic carbocycles. The molecular weight excluding hydrogens is 446 g/mol. The lowest BCUT2D eigenvalue weighted by molar-refractivity contribution is 0.0602. The van der Waals surface area contributed by atoms with Crippen LogP contribution >= 0.6 is 15.9 Å². The van der Waals surface area contributed by atoms with Crippen LogP contribution in [0.2, 0.25) is 0 Å². The van der Waals surface area contributed by atoms with Gasteiger partial charge in [-0.15, -0.1) is 0 Å². The Balaban J connectivity index is 1.87. The Bertz CT molecular complexity index is 1140. The maximum absolute atomic E-state index is 12.2. The fourth-order valence-corrected chi connectivity index (χ4v) is 3.82. The van der Waals surface area contributed by atoms with Gasteiger partial charge in [-0.05, 0) is 27.1 Å². The van der Waals surface area contributed by atoms with Crippen LogP contribution in [0.4, 0.5) is 11.6 Å². The number of halogens is 1. The van der Waals surface area contributed by atoms with E-state index in [-0.39, 0.29) is 11.4 Å². The average Bonchev–Trinajstić information content (AvgIpc) is 3.18. The first-order valence-corrected chi connectivity index (χ1v) is 10.1. The van der Waals surface area contributed by atoms with Crippen LogP contribution in [0.5, 0.6) is 0 Å². The number of nitrogens with two attached hydrogens (primary N) is 1. The Morgan fingerprint density at radius 2 is 1.63 bits per heavy atom. The van der Waals surface area contributed by atoms with Crippen molar-refractivity contribution < 1.29 is 9.53 Å². The minimum Gasteiger partial charge on any atom is -0.465 e. The summed E-state index contributed by atoms with van der Waals surface area (Å²) in [5, 5.41) is 4.42. The number of esters is 1. The van der Waals surface area contributed by atoms with E-state index in [1.54, 1.807) is 4.52 Å². The number of anilines is 2. The number of ether oxygens (including phenoxy) is 1. The van der Waals surface area contributed by atoms with Gasteiger partial charge in [-0.1, -0.05) is 60.7 Å². The average molecular weight is 466 g/mol. The molecule has 2 N–H and O–H groups in total. The van der Waals surface area contributed by atoms with Crippen molar-refractivity contribution in [3.05, 3.63) is 88.0 Å². The largest absolute Gasteiger partial charge is 0.465 e. The number of aromatic nitrogens is 3. The minimum atomic E-state index is -0.511. The quantitative estimate of drug-likeness (QED) is 0.432. The Hall–Kier alpha value is -3.39. The molecule has 4 rings (SSSR count). The maximum Gasteiger partial charge on any atom is 0.343 e. The van der Waals surface area contributed by atoms with Crippen molar-refractivity contribution in [2.24, 2.45) is 0 Å². The zero-order chi connectivity index (χ0) is 21.1. The Morgan fingerprint density at radius 3 is 2.17 bits per heavy atom. The lowest BCUT2D eigenvalue weighted by Gasteiger charge is -2.27. The van der Waals surface area contributed by atoms with E-state index >= 15 is 0 Å². The van der Waals surface area contributed by atoms with Gasteiger partial charge in [-0.3, -0.25) is 0 Å². The third-order valence-corrected chi connectivity index (χ3v) is 5.49. The van der Waals surface area contributed by atoms with Gasteiger partial charge in [0.15, 0.2) is 11.5 Å². The van der Waals surface area contributed by atoms with Crippen molar-refractivity contribution in [3.8, 4) is 0 Å². The molecule has 0 radical (unpaired) electrons. The molecule has 0 fully saturated rings. The minimum absolute atomic E-state index is 0.261. The Morgan fingerprint density at radius 1 is 1.07 bits per heavy atom. The molecule has 2 aromatic heterocycles. The molecule has 0 bridgehead atoms. The number of hydrogen-bond donors (Lipinski definition) is 1. The van der Waals surface area contributed by atoms with E-state index in [9.17, 15) is 4.79 Å². The molecular formula is C22H20BrN5O2. The van der Waals surface area contributed by atoms with Gasteiger partial charge in [-0.25, -0.2) is 9.78 Å². The lowest BCUT2D eigenvalue weighted by atomic mass is 10.1. The van der Waals surface area contributed by atoms with E-state index in [0.29, 0.717) is 29.0 Å². The number of carbonyl (C=O) groups is 1. The molecule has 0 aliphatic heterocycles. The van der Waals surface area contributed by atoms with Crippen LogP contribution in [0.3, 0.4) is 0 Å². The summed E-state index contributed by atoms with van der Waals surface area (Å²) in [5.74, 6) is 0.470. The molecule has 152 valence electrons. The maximum atomic E-state index is 12.2. The first-order valence-electron chi connectivity index (χ1n) is 9.32. The second-order valence-electron chi connectivity index (χ2n) is 6.75. The lowest BCUT2D eigenvalue weighted by Crippen LogP contribution is -2.26. The summed E-state index contributed by atoms with van der Waals surface area (Å²) in [5.41, 5.74) is 9.07. The molecule has 0 spiro atoms. The number of methoxy groups -OCH3 is 1. The van der Waals surface area contributed by atoms with Gasteiger partial charge in [0.1, 0.15) is 15.9 Å². The molecule has 0 saturated carbocycles. The van der Waals surface area contributed by atoms with Gasteiger partial charge < -0.3 is 15.4 Å².